The standard InChI is InChI=1S/C12H15N3O4/c16-11(10-13-3-4-19-10)15-8-1-2-9(15)6-7(5-8)14-12(17)18/h3-4,7-9,14H,1-2,5-6H2,(H,17,18). The van der Waals surface area contributed by atoms with Crippen molar-refractivity contribution in [2.75, 3.05) is 0 Å². The number of nitrogens with zero attached hydrogens (tertiary/aromatic N) is 2. The van der Waals surface area contributed by atoms with Gasteiger partial charge >= 0.3 is 12.0 Å². The van der Waals surface area contributed by atoms with Crippen molar-refractivity contribution in [3.05, 3.63) is 18.4 Å². The van der Waals surface area contributed by atoms with E-state index in [4.69, 9.17) is 9.52 Å². The Morgan fingerprint density at radius 3 is 2.58 bits per heavy atom. The van der Waals surface area contributed by atoms with E-state index in [1.54, 1.807) is 0 Å². The normalized spacial score (nSPS) is 29.3. The second-order valence-corrected chi connectivity index (χ2v) is 5.05. The Hall–Kier alpha value is -2.05. The lowest BCUT2D eigenvalue weighted by Crippen LogP contribution is -2.52. The van der Waals surface area contributed by atoms with Gasteiger partial charge in [-0.3, -0.25) is 4.79 Å². The zero-order chi connectivity index (χ0) is 13.4. The number of nitrogens with one attached hydrogen (secondary N) is 1. The quantitative estimate of drug-likeness (QED) is 0.834. The van der Waals surface area contributed by atoms with Crippen molar-refractivity contribution >= 4 is 12.0 Å². The number of hydrogen-bond acceptors (Lipinski definition) is 4. The number of hydrogen-bond donors (Lipinski definition) is 2. The molecule has 19 heavy (non-hydrogen) atoms. The minimum atomic E-state index is -1.00. The predicted octanol–water partition coefficient (Wildman–Crippen LogP) is 1.08. The first kappa shape index (κ1) is 12.0. The highest BCUT2D eigenvalue weighted by Gasteiger charge is 2.44. The third kappa shape index (κ3) is 2.16. The van der Waals surface area contributed by atoms with Gasteiger partial charge in [0.15, 0.2) is 0 Å². The molecule has 7 heteroatoms. The SMILES string of the molecule is O=C(O)NC1CC2CCC(C1)N2C(=O)c1ncco1. The number of aromatic nitrogens is 1. The second-order valence-electron chi connectivity index (χ2n) is 5.05. The van der Waals surface area contributed by atoms with E-state index >= 15 is 0 Å². The van der Waals surface area contributed by atoms with Gasteiger partial charge in [-0.05, 0) is 25.7 Å². The number of rotatable bonds is 2. The molecule has 2 aliphatic heterocycles. The van der Waals surface area contributed by atoms with Crippen LogP contribution in [0.2, 0.25) is 0 Å². The molecule has 2 N–H and O–H groups in total. The summed E-state index contributed by atoms with van der Waals surface area (Å²) in [5.41, 5.74) is 0. The van der Waals surface area contributed by atoms with Gasteiger partial charge in [0.25, 0.3) is 5.89 Å². The smallest absolute Gasteiger partial charge is 0.404 e. The number of carboxylic acid groups (broad SMARTS) is 1. The molecule has 2 aliphatic rings. The van der Waals surface area contributed by atoms with Crippen molar-refractivity contribution < 1.29 is 19.1 Å². The summed E-state index contributed by atoms with van der Waals surface area (Å²) in [7, 11) is 0. The first-order valence-corrected chi connectivity index (χ1v) is 6.36. The van der Waals surface area contributed by atoms with Gasteiger partial charge in [-0.15, -0.1) is 0 Å². The summed E-state index contributed by atoms with van der Waals surface area (Å²) in [5.74, 6) is -0.0761. The van der Waals surface area contributed by atoms with Crippen LogP contribution in [0.3, 0.4) is 0 Å². The van der Waals surface area contributed by atoms with Gasteiger partial charge in [0.05, 0.1) is 6.20 Å². The maximum Gasteiger partial charge on any atom is 0.404 e. The molecule has 3 rings (SSSR count). The van der Waals surface area contributed by atoms with Gasteiger partial charge in [-0.1, -0.05) is 0 Å². The molecule has 2 unspecified atom stereocenters. The van der Waals surface area contributed by atoms with Crippen molar-refractivity contribution in [2.24, 2.45) is 0 Å². The van der Waals surface area contributed by atoms with Crippen molar-refractivity contribution in [1.82, 2.24) is 15.2 Å². The summed E-state index contributed by atoms with van der Waals surface area (Å²) in [6, 6.07) is 0.0913. The third-order valence-corrected chi connectivity index (χ3v) is 3.91. The van der Waals surface area contributed by atoms with E-state index in [1.807, 2.05) is 4.90 Å². The molecule has 0 spiro atoms. The summed E-state index contributed by atoms with van der Waals surface area (Å²) in [6.45, 7) is 0. The molecule has 3 heterocycles. The third-order valence-electron chi connectivity index (χ3n) is 3.91. The van der Waals surface area contributed by atoms with Gasteiger partial charge < -0.3 is 19.7 Å². The highest BCUT2D eigenvalue weighted by atomic mass is 16.4. The summed E-state index contributed by atoms with van der Waals surface area (Å²) in [4.78, 5) is 28.7. The lowest BCUT2D eigenvalue weighted by atomic mass is 9.97. The van der Waals surface area contributed by atoms with E-state index in [2.05, 4.69) is 10.3 Å². The summed E-state index contributed by atoms with van der Waals surface area (Å²) in [6.07, 6.45) is 4.98. The number of amides is 2. The summed E-state index contributed by atoms with van der Waals surface area (Å²) < 4.78 is 5.05. The van der Waals surface area contributed by atoms with Crippen molar-refractivity contribution in [3.63, 3.8) is 0 Å². The maximum atomic E-state index is 12.3. The van der Waals surface area contributed by atoms with Crippen LogP contribution in [-0.4, -0.2) is 45.1 Å². The van der Waals surface area contributed by atoms with E-state index in [0.29, 0.717) is 12.8 Å². The molecule has 2 bridgehead atoms. The van der Waals surface area contributed by atoms with E-state index < -0.39 is 6.09 Å². The van der Waals surface area contributed by atoms with Crippen LogP contribution in [0.15, 0.2) is 16.9 Å². The molecule has 0 saturated carbocycles. The molecule has 2 fully saturated rings. The van der Waals surface area contributed by atoms with Gasteiger partial charge in [-0.2, -0.15) is 0 Å². The highest BCUT2D eigenvalue weighted by molar-refractivity contribution is 5.90. The lowest BCUT2D eigenvalue weighted by molar-refractivity contribution is 0.0517. The fourth-order valence-corrected chi connectivity index (χ4v) is 3.24. The maximum absolute atomic E-state index is 12.3. The van der Waals surface area contributed by atoms with E-state index in [1.165, 1.54) is 12.5 Å². The minimum Gasteiger partial charge on any atom is -0.465 e. The monoisotopic (exact) mass is 265 g/mol. The Balaban J connectivity index is 1.73. The van der Waals surface area contributed by atoms with Crippen LogP contribution in [0, 0.1) is 0 Å². The van der Waals surface area contributed by atoms with Gasteiger partial charge in [-0.25, -0.2) is 9.78 Å². The Morgan fingerprint density at radius 2 is 2.05 bits per heavy atom. The fraction of sp³-hybridized carbons (Fsp3) is 0.583. The van der Waals surface area contributed by atoms with Crippen molar-refractivity contribution in [1.29, 1.82) is 0 Å². The van der Waals surface area contributed by atoms with Crippen LogP contribution in [0.4, 0.5) is 4.79 Å². The highest BCUT2D eigenvalue weighted by Crippen LogP contribution is 2.36. The molecule has 2 atom stereocenters. The molecular weight excluding hydrogens is 250 g/mol. The molecule has 102 valence electrons. The first-order chi connectivity index (χ1) is 9.15. The number of fused-ring (bicyclic) bond motifs is 2. The number of carbonyl (C=O) groups excluding carboxylic acids is 1. The zero-order valence-corrected chi connectivity index (χ0v) is 10.3. The summed E-state index contributed by atoms with van der Waals surface area (Å²) in [5, 5.41) is 11.3. The lowest BCUT2D eigenvalue weighted by Gasteiger charge is -2.38. The van der Waals surface area contributed by atoms with Crippen molar-refractivity contribution in [3.8, 4) is 0 Å². The average Bonchev–Trinajstić information content (AvgIpc) is 2.95. The molecule has 7 nitrogen and oxygen atoms in total. The van der Waals surface area contributed by atoms with E-state index in [0.717, 1.165) is 12.8 Å². The fourth-order valence-electron chi connectivity index (χ4n) is 3.24. The van der Waals surface area contributed by atoms with Crippen LogP contribution in [-0.2, 0) is 0 Å². The number of carbonyl (C=O) groups is 2. The molecule has 1 aromatic heterocycles. The zero-order valence-electron chi connectivity index (χ0n) is 10.3. The van der Waals surface area contributed by atoms with Gasteiger partial charge in [0.2, 0.25) is 0 Å². The molecule has 0 radical (unpaired) electrons. The number of oxazole rings is 1. The topological polar surface area (TPSA) is 95.7 Å². The average molecular weight is 265 g/mol. The Labute approximate surface area is 109 Å². The van der Waals surface area contributed by atoms with E-state index in [9.17, 15) is 9.59 Å². The molecule has 0 aliphatic carbocycles. The van der Waals surface area contributed by atoms with E-state index in [-0.39, 0.29) is 29.9 Å². The Morgan fingerprint density at radius 1 is 1.37 bits per heavy atom. The van der Waals surface area contributed by atoms with Crippen LogP contribution in [0.5, 0.6) is 0 Å². The van der Waals surface area contributed by atoms with Crippen molar-refractivity contribution in [2.45, 2.75) is 43.8 Å². The Bertz CT molecular complexity index is 473. The van der Waals surface area contributed by atoms with Gasteiger partial charge in [0.1, 0.15) is 6.26 Å². The van der Waals surface area contributed by atoms with Crippen LogP contribution in [0.1, 0.15) is 36.4 Å². The first-order valence-electron chi connectivity index (χ1n) is 6.36. The second kappa shape index (κ2) is 4.56. The van der Waals surface area contributed by atoms with Crippen LogP contribution in [0.25, 0.3) is 0 Å². The molecule has 1 aromatic rings. The molecular formula is C12H15N3O4. The predicted molar refractivity (Wildman–Crippen MR) is 63.7 cm³/mol. The van der Waals surface area contributed by atoms with Crippen LogP contribution < -0.4 is 5.32 Å². The molecule has 2 amide bonds. The summed E-state index contributed by atoms with van der Waals surface area (Å²) >= 11 is 0. The minimum absolute atomic E-state index is 0.0661. The Kier molecular flexibility index (Phi) is 2.88. The number of piperidine rings is 1. The largest absolute Gasteiger partial charge is 0.465 e. The van der Waals surface area contributed by atoms with Gasteiger partial charge in [0, 0.05) is 18.1 Å². The van der Waals surface area contributed by atoms with Crippen LogP contribution >= 0.6 is 0 Å². The molecule has 2 saturated heterocycles. The molecule has 0 aromatic carbocycles.